The minimum Gasteiger partial charge on any atom is -0.461 e. The van der Waals surface area contributed by atoms with E-state index in [1.165, 1.54) is 6.08 Å². The zero-order chi connectivity index (χ0) is 22.8. The minimum absolute atomic E-state index is 0.0377. The van der Waals surface area contributed by atoms with Gasteiger partial charge in [0.05, 0.1) is 5.92 Å². The molecule has 2 aromatic carbocycles. The Labute approximate surface area is 185 Å². The fourth-order valence-electron chi connectivity index (χ4n) is 4.01. The van der Waals surface area contributed by atoms with Crippen molar-refractivity contribution >= 4 is 11.9 Å². The van der Waals surface area contributed by atoms with Crippen LogP contribution in [0.3, 0.4) is 0 Å². The lowest BCUT2D eigenvalue weighted by atomic mass is 9.97. The Kier molecular flexibility index (Phi) is 6.40. The maximum atomic E-state index is 12.8. The van der Waals surface area contributed by atoms with Gasteiger partial charge in [0.2, 0.25) is 0 Å². The predicted octanol–water partition coefficient (Wildman–Crippen LogP) is 5.88. The Morgan fingerprint density at radius 3 is 2.35 bits per heavy atom. The molecule has 0 amide bonds. The molecule has 0 spiro atoms. The van der Waals surface area contributed by atoms with Gasteiger partial charge in [-0.15, -0.1) is 0 Å². The maximum Gasteiger partial charge on any atom is 0.330 e. The summed E-state index contributed by atoms with van der Waals surface area (Å²) in [4.78, 5) is 24.7. The molecular weight excluding hydrogens is 388 g/mol. The number of carbonyl (C=O) groups is 2. The Bertz CT molecular complexity index is 980. The van der Waals surface area contributed by atoms with Gasteiger partial charge in [0.1, 0.15) is 12.2 Å². The first kappa shape index (κ1) is 22.8. The molecule has 4 heteroatoms. The quantitative estimate of drug-likeness (QED) is 0.433. The van der Waals surface area contributed by atoms with Crippen molar-refractivity contribution in [3.05, 3.63) is 71.8 Å². The summed E-state index contributed by atoms with van der Waals surface area (Å²) in [6.07, 6.45) is 3.21. The van der Waals surface area contributed by atoms with Crippen LogP contribution in [0.15, 0.2) is 60.7 Å². The fourth-order valence-corrected chi connectivity index (χ4v) is 4.01. The van der Waals surface area contributed by atoms with Gasteiger partial charge in [-0.2, -0.15) is 0 Å². The number of carbonyl (C=O) groups excluding carboxylic acids is 2. The molecule has 0 aromatic heterocycles. The second kappa shape index (κ2) is 8.70. The second-order valence-corrected chi connectivity index (χ2v) is 9.78. The molecular formula is C27H32O4. The van der Waals surface area contributed by atoms with Gasteiger partial charge in [0.15, 0.2) is 0 Å². The highest BCUT2D eigenvalue weighted by Crippen LogP contribution is 2.59. The molecule has 0 bridgehead atoms. The molecule has 0 saturated heterocycles. The Balaban J connectivity index is 1.63. The Morgan fingerprint density at radius 1 is 1.03 bits per heavy atom. The normalized spacial score (nSPS) is 19.8. The van der Waals surface area contributed by atoms with E-state index in [0.717, 1.165) is 22.3 Å². The van der Waals surface area contributed by atoms with Crippen molar-refractivity contribution in [3.63, 3.8) is 0 Å². The monoisotopic (exact) mass is 420 g/mol. The number of esters is 2. The lowest BCUT2D eigenvalue weighted by Gasteiger charge is -2.17. The van der Waals surface area contributed by atoms with Gasteiger partial charge in [-0.25, -0.2) is 4.79 Å². The largest absolute Gasteiger partial charge is 0.461 e. The van der Waals surface area contributed by atoms with Crippen LogP contribution in [-0.4, -0.2) is 17.5 Å². The van der Waals surface area contributed by atoms with Crippen LogP contribution in [0.2, 0.25) is 0 Å². The van der Waals surface area contributed by atoms with Crippen LogP contribution in [0.4, 0.5) is 0 Å². The second-order valence-electron chi connectivity index (χ2n) is 9.78. The number of hydrogen-bond acceptors (Lipinski definition) is 4. The third kappa shape index (κ3) is 5.43. The number of ether oxygens (including phenoxy) is 2. The molecule has 1 aliphatic rings. The molecule has 164 valence electrons. The summed E-state index contributed by atoms with van der Waals surface area (Å²) in [6, 6.07) is 16.2. The van der Waals surface area contributed by atoms with Crippen LogP contribution in [0.5, 0.6) is 0 Å². The van der Waals surface area contributed by atoms with E-state index in [1.54, 1.807) is 6.08 Å². The molecule has 1 saturated carbocycles. The Morgan fingerprint density at radius 2 is 1.71 bits per heavy atom. The van der Waals surface area contributed by atoms with Gasteiger partial charge in [0, 0.05) is 6.08 Å². The zero-order valence-electron chi connectivity index (χ0n) is 19.3. The minimum atomic E-state index is -0.537. The van der Waals surface area contributed by atoms with E-state index in [4.69, 9.17) is 9.47 Å². The standard InChI is InChI=1S/C27H32O4/c1-18-20(13-10-14-21(18)19-11-8-7-9-12-19)17-30-25(29)24-22(27(24,5)6)15-16-23(28)31-26(2,3)4/h7-16,22,24H,17H2,1-6H3/t22-,24-/m0/s1. The van der Waals surface area contributed by atoms with Gasteiger partial charge >= 0.3 is 11.9 Å². The summed E-state index contributed by atoms with van der Waals surface area (Å²) in [5.74, 6) is -0.919. The topological polar surface area (TPSA) is 52.6 Å². The van der Waals surface area contributed by atoms with Crippen molar-refractivity contribution in [1.82, 2.24) is 0 Å². The zero-order valence-corrected chi connectivity index (χ0v) is 19.3. The highest BCUT2D eigenvalue weighted by Gasteiger charge is 2.61. The molecule has 0 radical (unpaired) electrons. The van der Waals surface area contributed by atoms with Crippen molar-refractivity contribution in [1.29, 1.82) is 0 Å². The van der Waals surface area contributed by atoms with E-state index in [1.807, 2.05) is 65.0 Å². The number of benzene rings is 2. The summed E-state index contributed by atoms with van der Waals surface area (Å²) in [7, 11) is 0. The van der Waals surface area contributed by atoms with Crippen LogP contribution < -0.4 is 0 Å². The summed E-state index contributed by atoms with van der Waals surface area (Å²) < 4.78 is 11.0. The molecule has 0 aliphatic heterocycles. The van der Waals surface area contributed by atoms with Crippen LogP contribution in [0.25, 0.3) is 11.1 Å². The molecule has 1 fully saturated rings. The average molecular weight is 421 g/mol. The third-order valence-corrected chi connectivity index (χ3v) is 5.91. The van der Waals surface area contributed by atoms with Crippen molar-refractivity contribution in [2.45, 2.75) is 53.8 Å². The molecule has 1 aliphatic carbocycles. The first-order valence-electron chi connectivity index (χ1n) is 10.7. The maximum absolute atomic E-state index is 12.8. The van der Waals surface area contributed by atoms with E-state index in [0.29, 0.717) is 0 Å². The van der Waals surface area contributed by atoms with E-state index < -0.39 is 11.6 Å². The van der Waals surface area contributed by atoms with Crippen molar-refractivity contribution in [3.8, 4) is 11.1 Å². The van der Waals surface area contributed by atoms with Gasteiger partial charge in [-0.3, -0.25) is 4.79 Å². The van der Waals surface area contributed by atoms with Crippen LogP contribution in [0, 0.1) is 24.2 Å². The van der Waals surface area contributed by atoms with Gasteiger partial charge in [-0.1, -0.05) is 68.5 Å². The van der Waals surface area contributed by atoms with Gasteiger partial charge < -0.3 is 9.47 Å². The molecule has 0 N–H and O–H groups in total. The third-order valence-electron chi connectivity index (χ3n) is 5.91. The van der Waals surface area contributed by atoms with Crippen LogP contribution in [-0.2, 0) is 25.7 Å². The highest BCUT2D eigenvalue weighted by molar-refractivity contribution is 5.83. The lowest BCUT2D eigenvalue weighted by Crippen LogP contribution is -2.22. The smallest absolute Gasteiger partial charge is 0.330 e. The van der Waals surface area contributed by atoms with Gasteiger partial charge in [-0.05, 0) is 61.3 Å². The SMILES string of the molecule is Cc1c(COC(=O)[C@@H]2[C@H](C=CC(=O)OC(C)(C)C)C2(C)C)cccc1-c1ccccc1. The van der Waals surface area contributed by atoms with Crippen molar-refractivity contribution < 1.29 is 19.1 Å². The first-order valence-corrected chi connectivity index (χ1v) is 10.7. The van der Waals surface area contributed by atoms with E-state index >= 15 is 0 Å². The summed E-state index contributed by atoms with van der Waals surface area (Å²) >= 11 is 0. The molecule has 31 heavy (non-hydrogen) atoms. The molecule has 3 rings (SSSR count). The van der Waals surface area contributed by atoms with E-state index in [-0.39, 0.29) is 29.8 Å². The number of rotatable bonds is 6. The predicted molar refractivity (Wildman–Crippen MR) is 122 cm³/mol. The van der Waals surface area contributed by atoms with E-state index in [9.17, 15) is 9.59 Å². The molecule has 4 nitrogen and oxygen atoms in total. The van der Waals surface area contributed by atoms with Gasteiger partial charge in [0.25, 0.3) is 0 Å². The van der Waals surface area contributed by atoms with Crippen molar-refractivity contribution in [2.24, 2.45) is 17.3 Å². The molecule has 0 unspecified atom stereocenters. The number of allylic oxidation sites excluding steroid dienone is 1. The summed E-state index contributed by atoms with van der Waals surface area (Å²) in [5, 5.41) is 0. The number of hydrogen-bond donors (Lipinski definition) is 0. The van der Waals surface area contributed by atoms with E-state index in [2.05, 4.69) is 25.1 Å². The van der Waals surface area contributed by atoms with Crippen LogP contribution >= 0.6 is 0 Å². The Hall–Kier alpha value is -2.88. The molecule has 2 atom stereocenters. The lowest BCUT2D eigenvalue weighted by molar-refractivity contribution is -0.149. The fraction of sp³-hybridized carbons (Fsp3) is 0.407. The first-order chi connectivity index (χ1) is 14.5. The molecule has 2 aromatic rings. The molecule has 0 heterocycles. The average Bonchev–Trinajstić information content (AvgIpc) is 3.25. The summed E-state index contributed by atoms with van der Waals surface area (Å²) in [5.41, 5.74) is 3.61. The van der Waals surface area contributed by atoms with Crippen LogP contribution in [0.1, 0.15) is 45.7 Å². The van der Waals surface area contributed by atoms with Crippen molar-refractivity contribution in [2.75, 3.05) is 0 Å². The highest BCUT2D eigenvalue weighted by atomic mass is 16.6. The summed E-state index contributed by atoms with van der Waals surface area (Å²) in [6.45, 7) is 11.8.